The molecule has 2 aromatic rings. The van der Waals surface area contributed by atoms with Crippen molar-refractivity contribution in [3.05, 3.63) is 71.5 Å². The molecule has 138 valence electrons. The van der Waals surface area contributed by atoms with Crippen LogP contribution in [-0.4, -0.2) is 29.8 Å². The van der Waals surface area contributed by atoms with Crippen LogP contribution in [0, 0.1) is 5.82 Å². The molecule has 5 heteroatoms. The predicted molar refractivity (Wildman–Crippen MR) is 99.9 cm³/mol. The minimum Gasteiger partial charge on any atom is -0.357 e. The fourth-order valence-corrected chi connectivity index (χ4v) is 2.89. The second-order valence-corrected chi connectivity index (χ2v) is 6.18. The zero-order valence-corrected chi connectivity index (χ0v) is 15.2. The van der Waals surface area contributed by atoms with Gasteiger partial charge in [-0.05, 0) is 18.1 Å². The molecular weight excluding hydrogens is 331 g/mol. The Hall–Kier alpha value is -2.69. The maximum absolute atomic E-state index is 14.1. The van der Waals surface area contributed by atoms with Gasteiger partial charge in [0, 0.05) is 32.0 Å². The fraction of sp³-hybridized carbons (Fsp3) is 0.333. The van der Waals surface area contributed by atoms with Crippen molar-refractivity contribution < 1.29 is 14.0 Å². The molecule has 0 fully saturated rings. The van der Waals surface area contributed by atoms with Gasteiger partial charge in [0.15, 0.2) is 0 Å². The minimum absolute atomic E-state index is 0.0659. The van der Waals surface area contributed by atoms with Gasteiger partial charge in [-0.15, -0.1) is 0 Å². The van der Waals surface area contributed by atoms with Crippen molar-refractivity contribution in [2.45, 2.75) is 38.8 Å². The maximum Gasteiger partial charge on any atom is 0.242 e. The highest BCUT2D eigenvalue weighted by Crippen LogP contribution is 2.17. The number of carbonyl (C=O) groups is 2. The second-order valence-electron chi connectivity index (χ2n) is 6.18. The third-order valence-electron chi connectivity index (χ3n) is 4.28. The molecule has 0 radical (unpaired) electrons. The minimum atomic E-state index is -0.693. The maximum atomic E-state index is 14.1. The van der Waals surface area contributed by atoms with Gasteiger partial charge in [-0.2, -0.15) is 0 Å². The van der Waals surface area contributed by atoms with Crippen molar-refractivity contribution in [3.63, 3.8) is 0 Å². The topological polar surface area (TPSA) is 49.4 Å². The number of nitrogens with one attached hydrogen (secondary N) is 1. The van der Waals surface area contributed by atoms with E-state index in [0.717, 1.165) is 5.56 Å². The second kappa shape index (κ2) is 9.70. The van der Waals surface area contributed by atoms with Crippen LogP contribution in [0.5, 0.6) is 0 Å². The van der Waals surface area contributed by atoms with Crippen LogP contribution in [0.1, 0.15) is 30.9 Å². The van der Waals surface area contributed by atoms with E-state index < -0.39 is 6.04 Å². The van der Waals surface area contributed by atoms with Crippen molar-refractivity contribution in [2.75, 3.05) is 7.05 Å². The molecular formula is C21H25FN2O2. The van der Waals surface area contributed by atoms with Crippen molar-refractivity contribution >= 4 is 11.8 Å². The number of nitrogens with zero attached hydrogens (tertiary/aromatic N) is 1. The van der Waals surface area contributed by atoms with E-state index in [4.69, 9.17) is 0 Å². The first-order valence-electron chi connectivity index (χ1n) is 8.85. The molecule has 1 N–H and O–H groups in total. The first-order valence-corrected chi connectivity index (χ1v) is 8.85. The molecule has 0 unspecified atom stereocenters. The number of rotatable bonds is 8. The molecule has 0 aliphatic heterocycles. The zero-order chi connectivity index (χ0) is 18.9. The Balaban J connectivity index is 2.35. The summed E-state index contributed by atoms with van der Waals surface area (Å²) >= 11 is 0. The Morgan fingerprint density at radius 3 is 2.35 bits per heavy atom. The molecule has 0 aliphatic rings. The number of halogens is 1. The Labute approximate surface area is 154 Å². The third-order valence-corrected chi connectivity index (χ3v) is 4.28. The molecule has 2 amide bonds. The molecule has 0 saturated carbocycles. The van der Waals surface area contributed by atoms with Gasteiger partial charge in [-0.3, -0.25) is 9.59 Å². The Morgan fingerprint density at radius 1 is 1.08 bits per heavy atom. The van der Waals surface area contributed by atoms with E-state index in [-0.39, 0.29) is 24.2 Å². The van der Waals surface area contributed by atoms with Gasteiger partial charge in [0.1, 0.15) is 11.9 Å². The van der Waals surface area contributed by atoms with E-state index in [2.05, 4.69) is 5.32 Å². The Morgan fingerprint density at radius 2 is 1.73 bits per heavy atom. The lowest BCUT2D eigenvalue weighted by atomic mass is 10.0. The summed E-state index contributed by atoms with van der Waals surface area (Å²) < 4.78 is 14.1. The van der Waals surface area contributed by atoms with Gasteiger partial charge < -0.3 is 10.2 Å². The van der Waals surface area contributed by atoms with Crippen LogP contribution >= 0.6 is 0 Å². The monoisotopic (exact) mass is 356 g/mol. The standard InChI is InChI=1S/C21H25FN2O2/c1-3-9-20(25)24(15-17-12-7-8-13-18(17)22)19(21(26)23-2)14-16-10-5-4-6-11-16/h4-8,10-13,19H,3,9,14-15H2,1-2H3,(H,23,26)/t19-/m1/s1. The number of likely N-dealkylation sites (N-methyl/N-ethyl adjacent to an activating group) is 1. The van der Waals surface area contributed by atoms with Gasteiger partial charge >= 0.3 is 0 Å². The number of benzene rings is 2. The molecule has 2 aromatic carbocycles. The highest BCUT2D eigenvalue weighted by atomic mass is 19.1. The SMILES string of the molecule is CCCC(=O)N(Cc1ccccc1F)[C@H](Cc1ccccc1)C(=O)NC. The van der Waals surface area contributed by atoms with Crippen LogP contribution in [0.2, 0.25) is 0 Å². The summed E-state index contributed by atoms with van der Waals surface area (Å²) in [4.78, 5) is 26.8. The van der Waals surface area contributed by atoms with Crippen LogP contribution in [-0.2, 0) is 22.6 Å². The van der Waals surface area contributed by atoms with E-state index in [9.17, 15) is 14.0 Å². The number of hydrogen-bond donors (Lipinski definition) is 1. The summed E-state index contributed by atoms with van der Waals surface area (Å²) in [5, 5.41) is 2.64. The lowest BCUT2D eigenvalue weighted by molar-refractivity contribution is -0.141. The summed E-state index contributed by atoms with van der Waals surface area (Å²) in [5.41, 5.74) is 1.35. The van der Waals surface area contributed by atoms with Gasteiger partial charge in [-0.1, -0.05) is 55.5 Å². The van der Waals surface area contributed by atoms with Gasteiger partial charge in [0.2, 0.25) is 11.8 Å². The third kappa shape index (κ3) is 5.15. The van der Waals surface area contributed by atoms with Crippen molar-refractivity contribution in [1.29, 1.82) is 0 Å². The van der Waals surface area contributed by atoms with Crippen LogP contribution in [0.4, 0.5) is 4.39 Å². The van der Waals surface area contributed by atoms with E-state index in [1.807, 2.05) is 37.3 Å². The molecule has 0 saturated heterocycles. The average molecular weight is 356 g/mol. The molecule has 0 aliphatic carbocycles. The first-order chi connectivity index (χ1) is 12.6. The lowest BCUT2D eigenvalue weighted by Crippen LogP contribution is -2.49. The molecule has 26 heavy (non-hydrogen) atoms. The normalized spacial score (nSPS) is 11.7. The fourth-order valence-electron chi connectivity index (χ4n) is 2.89. The van der Waals surface area contributed by atoms with Crippen LogP contribution in [0.25, 0.3) is 0 Å². The average Bonchev–Trinajstić information content (AvgIpc) is 2.66. The van der Waals surface area contributed by atoms with E-state index in [0.29, 0.717) is 24.8 Å². The van der Waals surface area contributed by atoms with Gasteiger partial charge in [0.25, 0.3) is 0 Å². The number of hydrogen-bond acceptors (Lipinski definition) is 2. The van der Waals surface area contributed by atoms with Gasteiger partial charge in [0.05, 0.1) is 0 Å². The van der Waals surface area contributed by atoms with E-state index in [1.54, 1.807) is 25.2 Å². The lowest BCUT2D eigenvalue weighted by Gasteiger charge is -2.31. The highest BCUT2D eigenvalue weighted by Gasteiger charge is 2.29. The summed E-state index contributed by atoms with van der Waals surface area (Å²) in [7, 11) is 1.55. The molecule has 0 heterocycles. The first kappa shape index (κ1) is 19.6. The largest absolute Gasteiger partial charge is 0.357 e. The van der Waals surface area contributed by atoms with Crippen LogP contribution in [0.15, 0.2) is 54.6 Å². The summed E-state index contributed by atoms with van der Waals surface area (Å²) in [5.74, 6) is -0.785. The van der Waals surface area contributed by atoms with Crippen molar-refractivity contribution in [2.24, 2.45) is 0 Å². The summed E-state index contributed by atoms with van der Waals surface area (Å²) in [6.07, 6.45) is 1.36. The Bertz CT molecular complexity index is 734. The summed E-state index contributed by atoms with van der Waals surface area (Å²) in [6, 6.07) is 15.2. The Kier molecular flexibility index (Phi) is 7.33. The van der Waals surface area contributed by atoms with Crippen molar-refractivity contribution in [1.82, 2.24) is 10.2 Å². The molecule has 0 bridgehead atoms. The molecule has 0 spiro atoms. The quantitative estimate of drug-likeness (QED) is 0.789. The number of carbonyl (C=O) groups excluding carboxylic acids is 2. The highest BCUT2D eigenvalue weighted by molar-refractivity contribution is 5.87. The van der Waals surface area contributed by atoms with E-state index in [1.165, 1.54) is 11.0 Å². The number of amides is 2. The predicted octanol–water partition coefficient (Wildman–Crippen LogP) is 3.31. The van der Waals surface area contributed by atoms with Crippen molar-refractivity contribution in [3.8, 4) is 0 Å². The van der Waals surface area contributed by atoms with Crippen LogP contribution in [0.3, 0.4) is 0 Å². The molecule has 4 nitrogen and oxygen atoms in total. The molecule has 0 aromatic heterocycles. The van der Waals surface area contributed by atoms with Crippen LogP contribution < -0.4 is 5.32 Å². The van der Waals surface area contributed by atoms with Gasteiger partial charge in [-0.25, -0.2) is 4.39 Å². The van der Waals surface area contributed by atoms with E-state index >= 15 is 0 Å². The summed E-state index contributed by atoms with van der Waals surface area (Å²) in [6.45, 7) is 1.97. The molecule has 1 atom stereocenters. The molecule has 2 rings (SSSR count). The smallest absolute Gasteiger partial charge is 0.242 e. The zero-order valence-electron chi connectivity index (χ0n) is 15.2.